The van der Waals surface area contributed by atoms with Crippen molar-refractivity contribution in [2.45, 2.75) is 39.3 Å². The predicted octanol–water partition coefficient (Wildman–Crippen LogP) is 4.52. The molecule has 2 heterocycles. The zero-order valence-electron chi connectivity index (χ0n) is 17.4. The second-order valence-electron chi connectivity index (χ2n) is 7.98. The molecule has 0 amide bonds. The van der Waals surface area contributed by atoms with Crippen LogP contribution in [0.2, 0.25) is 0 Å². The van der Waals surface area contributed by atoms with Crippen molar-refractivity contribution in [3.63, 3.8) is 0 Å². The summed E-state index contributed by atoms with van der Waals surface area (Å²) in [5.41, 5.74) is 4.67. The fourth-order valence-corrected chi connectivity index (χ4v) is 4.19. The summed E-state index contributed by atoms with van der Waals surface area (Å²) in [6, 6.07) is 16.1. The second-order valence-corrected chi connectivity index (χ2v) is 8.36. The molecular weight excluding hydrogens is 394 g/mol. The number of benzene rings is 2. The van der Waals surface area contributed by atoms with Gasteiger partial charge < -0.3 is 19.9 Å². The number of rotatable bonds is 5. The van der Waals surface area contributed by atoms with E-state index in [-0.39, 0.29) is 11.7 Å². The Labute approximate surface area is 182 Å². The Balaban J connectivity index is 1.60. The van der Waals surface area contributed by atoms with Crippen LogP contribution >= 0.6 is 12.2 Å². The number of H-pyrrole nitrogens is 1. The largest absolute Gasteiger partial charge is 0.376 e. The molecule has 5 nitrogen and oxygen atoms in total. The third kappa shape index (κ3) is 4.71. The van der Waals surface area contributed by atoms with Crippen LogP contribution in [0.3, 0.4) is 0 Å². The molecule has 30 heavy (non-hydrogen) atoms. The van der Waals surface area contributed by atoms with Gasteiger partial charge in [0.05, 0.1) is 18.2 Å². The molecule has 2 aromatic carbocycles. The highest BCUT2D eigenvalue weighted by molar-refractivity contribution is 7.80. The summed E-state index contributed by atoms with van der Waals surface area (Å²) >= 11 is 5.74. The standard InChI is InChI=1S/C24H27N3O2S/c1-16-6-3-9-20(12-16)25-24(30)27(15-21-10-5-11-29-21)14-19-13-18-8-4-7-17(2)22(18)26-23(19)28/h3-4,6-9,12-13,21H,5,10-11,14-15H2,1-2H3,(H,25,30)(H,26,28)/t21-/m0/s1. The molecule has 4 rings (SSSR count). The average Bonchev–Trinajstić information content (AvgIpc) is 3.22. The van der Waals surface area contributed by atoms with E-state index >= 15 is 0 Å². The van der Waals surface area contributed by atoms with Crippen molar-refractivity contribution in [3.8, 4) is 0 Å². The molecule has 0 radical (unpaired) electrons. The first-order valence-electron chi connectivity index (χ1n) is 10.4. The summed E-state index contributed by atoms with van der Waals surface area (Å²) < 4.78 is 5.84. The molecule has 1 aliphatic heterocycles. The first-order valence-corrected chi connectivity index (χ1v) is 10.8. The molecular formula is C24H27N3O2S. The molecule has 0 unspecified atom stereocenters. The zero-order valence-corrected chi connectivity index (χ0v) is 18.2. The Morgan fingerprint density at radius 1 is 1.23 bits per heavy atom. The molecule has 0 aliphatic carbocycles. The highest BCUT2D eigenvalue weighted by Gasteiger charge is 2.22. The van der Waals surface area contributed by atoms with E-state index in [2.05, 4.69) is 29.4 Å². The minimum atomic E-state index is -0.0764. The lowest BCUT2D eigenvalue weighted by Gasteiger charge is -2.28. The first-order chi connectivity index (χ1) is 14.5. The van der Waals surface area contributed by atoms with Gasteiger partial charge in [-0.3, -0.25) is 4.79 Å². The highest BCUT2D eigenvalue weighted by Crippen LogP contribution is 2.19. The number of aromatic nitrogens is 1. The minimum absolute atomic E-state index is 0.0764. The minimum Gasteiger partial charge on any atom is -0.376 e. The first kappa shape index (κ1) is 20.6. The highest BCUT2D eigenvalue weighted by atomic mass is 32.1. The number of aromatic amines is 1. The van der Waals surface area contributed by atoms with Gasteiger partial charge in [0.25, 0.3) is 5.56 Å². The van der Waals surface area contributed by atoms with Crippen LogP contribution in [0.1, 0.15) is 29.5 Å². The maximum absolute atomic E-state index is 12.8. The van der Waals surface area contributed by atoms with Crippen molar-refractivity contribution in [3.05, 3.63) is 75.6 Å². The third-order valence-corrected chi connectivity index (χ3v) is 5.89. The Bertz CT molecular complexity index is 1120. The van der Waals surface area contributed by atoms with Crippen molar-refractivity contribution >= 4 is 33.9 Å². The topological polar surface area (TPSA) is 57.4 Å². The Morgan fingerprint density at radius 2 is 2.07 bits per heavy atom. The third-order valence-electron chi connectivity index (χ3n) is 5.53. The van der Waals surface area contributed by atoms with E-state index in [4.69, 9.17) is 17.0 Å². The van der Waals surface area contributed by atoms with Gasteiger partial charge in [0.1, 0.15) is 0 Å². The van der Waals surface area contributed by atoms with Crippen LogP contribution in [-0.2, 0) is 11.3 Å². The summed E-state index contributed by atoms with van der Waals surface area (Å²) in [5.74, 6) is 0. The zero-order chi connectivity index (χ0) is 21.1. The van der Waals surface area contributed by atoms with Crippen LogP contribution in [0.5, 0.6) is 0 Å². The van der Waals surface area contributed by atoms with E-state index in [1.165, 1.54) is 0 Å². The number of ether oxygens (including phenoxy) is 1. The van der Waals surface area contributed by atoms with E-state index in [0.717, 1.165) is 47.2 Å². The molecule has 1 saturated heterocycles. The fourth-order valence-electron chi connectivity index (χ4n) is 3.93. The lowest BCUT2D eigenvalue weighted by Crippen LogP contribution is -2.40. The molecule has 156 valence electrons. The predicted molar refractivity (Wildman–Crippen MR) is 126 cm³/mol. The molecule has 0 saturated carbocycles. The number of thiocarbonyl (C=S) groups is 1. The summed E-state index contributed by atoms with van der Waals surface area (Å²) in [5, 5.41) is 4.96. The van der Waals surface area contributed by atoms with Crippen LogP contribution in [0, 0.1) is 13.8 Å². The van der Waals surface area contributed by atoms with Crippen molar-refractivity contribution in [1.82, 2.24) is 9.88 Å². The number of nitrogens with one attached hydrogen (secondary N) is 2. The van der Waals surface area contributed by atoms with Crippen molar-refractivity contribution in [2.24, 2.45) is 0 Å². The van der Waals surface area contributed by atoms with Gasteiger partial charge in [-0.25, -0.2) is 0 Å². The number of anilines is 1. The lowest BCUT2D eigenvalue weighted by atomic mass is 10.1. The van der Waals surface area contributed by atoms with Gasteiger partial charge in [-0.05, 0) is 73.6 Å². The molecule has 1 aromatic heterocycles. The van der Waals surface area contributed by atoms with E-state index in [1.807, 2.05) is 48.2 Å². The van der Waals surface area contributed by atoms with E-state index in [9.17, 15) is 4.79 Å². The summed E-state index contributed by atoms with van der Waals surface area (Å²) in [6.07, 6.45) is 2.20. The van der Waals surface area contributed by atoms with Gasteiger partial charge in [-0.15, -0.1) is 0 Å². The van der Waals surface area contributed by atoms with Gasteiger partial charge in [-0.1, -0.05) is 30.3 Å². The lowest BCUT2D eigenvalue weighted by molar-refractivity contribution is 0.0904. The van der Waals surface area contributed by atoms with E-state index in [1.54, 1.807) is 0 Å². The van der Waals surface area contributed by atoms with Crippen LogP contribution in [0.25, 0.3) is 10.9 Å². The summed E-state index contributed by atoms with van der Waals surface area (Å²) in [6.45, 7) is 5.92. The smallest absolute Gasteiger partial charge is 0.253 e. The van der Waals surface area contributed by atoms with Gasteiger partial charge in [-0.2, -0.15) is 0 Å². The Morgan fingerprint density at radius 3 is 2.83 bits per heavy atom. The molecule has 1 fully saturated rings. The summed E-state index contributed by atoms with van der Waals surface area (Å²) in [7, 11) is 0. The van der Waals surface area contributed by atoms with Crippen molar-refractivity contribution in [2.75, 3.05) is 18.5 Å². The molecule has 3 aromatic rings. The van der Waals surface area contributed by atoms with Crippen LogP contribution in [0.15, 0.2) is 53.3 Å². The van der Waals surface area contributed by atoms with Gasteiger partial charge >= 0.3 is 0 Å². The number of nitrogens with zero attached hydrogens (tertiary/aromatic N) is 1. The Kier molecular flexibility index (Phi) is 6.16. The van der Waals surface area contributed by atoms with Crippen molar-refractivity contribution in [1.29, 1.82) is 0 Å². The molecule has 6 heteroatoms. The van der Waals surface area contributed by atoms with Crippen molar-refractivity contribution < 1.29 is 4.74 Å². The van der Waals surface area contributed by atoms with Gasteiger partial charge in [0.2, 0.25) is 0 Å². The number of pyridine rings is 1. The Hall–Kier alpha value is -2.70. The number of para-hydroxylation sites is 1. The van der Waals surface area contributed by atoms with Gasteiger partial charge in [0.15, 0.2) is 5.11 Å². The average molecular weight is 422 g/mol. The van der Waals surface area contributed by atoms with Crippen LogP contribution in [-0.4, -0.2) is 34.3 Å². The summed E-state index contributed by atoms with van der Waals surface area (Å²) in [4.78, 5) is 17.9. The maximum atomic E-state index is 12.8. The number of hydrogen-bond acceptors (Lipinski definition) is 3. The van der Waals surface area contributed by atoms with Gasteiger partial charge in [0, 0.05) is 24.4 Å². The number of aryl methyl sites for hydroxylation is 2. The van der Waals surface area contributed by atoms with E-state index < -0.39 is 0 Å². The molecule has 0 spiro atoms. The fraction of sp³-hybridized carbons (Fsp3) is 0.333. The van der Waals surface area contributed by atoms with Crippen LogP contribution in [0.4, 0.5) is 5.69 Å². The monoisotopic (exact) mass is 421 g/mol. The maximum Gasteiger partial charge on any atom is 0.253 e. The number of hydrogen-bond donors (Lipinski definition) is 2. The molecule has 2 N–H and O–H groups in total. The normalized spacial score (nSPS) is 16.0. The number of fused-ring (bicyclic) bond motifs is 1. The molecule has 0 bridgehead atoms. The molecule has 1 aliphatic rings. The quantitative estimate of drug-likeness (QED) is 0.593. The molecule has 1 atom stereocenters. The van der Waals surface area contributed by atoms with Crippen LogP contribution < -0.4 is 10.9 Å². The second kappa shape index (κ2) is 8.98. The SMILES string of the molecule is Cc1cccc(NC(=S)N(Cc2cc3cccc(C)c3[nH]c2=O)C[C@@H]2CCCO2)c1. The van der Waals surface area contributed by atoms with E-state index in [0.29, 0.717) is 23.8 Å².